The Hall–Kier alpha value is -2.01. The van der Waals surface area contributed by atoms with Gasteiger partial charge in [0, 0.05) is 17.1 Å². The highest BCUT2D eigenvalue weighted by atomic mass is 35.5. The molecular weight excluding hydrogens is 326 g/mol. The molecule has 128 valence electrons. The van der Waals surface area contributed by atoms with Crippen molar-refractivity contribution in [3.63, 3.8) is 0 Å². The largest absolute Gasteiger partial charge is 0.443 e. The van der Waals surface area contributed by atoms with Crippen molar-refractivity contribution in [1.29, 1.82) is 0 Å². The average Bonchev–Trinajstić information content (AvgIpc) is 3.17. The van der Waals surface area contributed by atoms with E-state index in [0.717, 1.165) is 24.3 Å². The summed E-state index contributed by atoms with van der Waals surface area (Å²) in [6.07, 6.45) is 3.86. The third-order valence-electron chi connectivity index (χ3n) is 3.86. The zero-order chi connectivity index (χ0) is 17.3. The second kappa shape index (κ2) is 6.48. The van der Waals surface area contributed by atoms with E-state index in [9.17, 15) is 4.79 Å². The number of nitrogens with one attached hydrogen (secondary N) is 2. The van der Waals surface area contributed by atoms with Crippen molar-refractivity contribution in [2.24, 2.45) is 0 Å². The van der Waals surface area contributed by atoms with Crippen LogP contribution in [0.2, 0.25) is 5.02 Å². The normalized spacial score (nSPS) is 14.5. The van der Waals surface area contributed by atoms with Gasteiger partial charge in [-0.1, -0.05) is 32.4 Å². The van der Waals surface area contributed by atoms with Crippen LogP contribution in [0.5, 0.6) is 0 Å². The van der Waals surface area contributed by atoms with Crippen molar-refractivity contribution >= 4 is 23.2 Å². The molecule has 6 heteroatoms. The number of hydrogen-bond acceptors (Lipinski definition) is 4. The van der Waals surface area contributed by atoms with Crippen molar-refractivity contribution < 1.29 is 9.21 Å². The zero-order valence-electron chi connectivity index (χ0n) is 14.1. The molecular formula is C18H22ClN3O2. The van der Waals surface area contributed by atoms with Crippen LogP contribution in [0.4, 0.5) is 5.69 Å². The molecule has 0 aliphatic heterocycles. The quantitative estimate of drug-likeness (QED) is 0.853. The summed E-state index contributed by atoms with van der Waals surface area (Å²) >= 11 is 6.23. The lowest BCUT2D eigenvalue weighted by molar-refractivity contribution is 0.0951. The Balaban J connectivity index is 1.62. The molecule has 0 radical (unpaired) electrons. The molecule has 1 saturated carbocycles. The average molecular weight is 348 g/mol. The van der Waals surface area contributed by atoms with Gasteiger partial charge >= 0.3 is 0 Å². The minimum atomic E-state index is -0.114. The van der Waals surface area contributed by atoms with Crippen molar-refractivity contribution in [2.75, 3.05) is 5.32 Å². The topological polar surface area (TPSA) is 67.2 Å². The number of hydrogen-bond donors (Lipinski definition) is 2. The molecule has 1 aliphatic carbocycles. The Bertz CT molecular complexity index is 745. The first kappa shape index (κ1) is 16.8. The van der Waals surface area contributed by atoms with E-state index in [4.69, 9.17) is 16.0 Å². The third kappa shape index (κ3) is 4.09. The SMILES string of the molecule is CC(C)(C)c1cnc(CNc2ccc(C(=O)NC3CC3)c(Cl)c2)o1. The lowest BCUT2D eigenvalue weighted by atomic mass is 9.94. The van der Waals surface area contributed by atoms with Crippen molar-refractivity contribution in [3.8, 4) is 0 Å². The molecule has 1 amide bonds. The summed E-state index contributed by atoms with van der Waals surface area (Å²) in [5, 5.41) is 6.58. The molecule has 1 aliphatic rings. The van der Waals surface area contributed by atoms with Crippen molar-refractivity contribution in [3.05, 3.63) is 46.6 Å². The van der Waals surface area contributed by atoms with Gasteiger partial charge in [-0.2, -0.15) is 0 Å². The van der Waals surface area contributed by atoms with Crippen LogP contribution in [-0.2, 0) is 12.0 Å². The monoisotopic (exact) mass is 347 g/mol. The smallest absolute Gasteiger partial charge is 0.253 e. The van der Waals surface area contributed by atoms with Crippen molar-refractivity contribution in [1.82, 2.24) is 10.3 Å². The zero-order valence-corrected chi connectivity index (χ0v) is 14.9. The first-order valence-corrected chi connectivity index (χ1v) is 8.50. The summed E-state index contributed by atoms with van der Waals surface area (Å²) < 4.78 is 5.74. The van der Waals surface area contributed by atoms with Crippen LogP contribution < -0.4 is 10.6 Å². The van der Waals surface area contributed by atoms with Crippen LogP contribution in [0.1, 0.15) is 55.6 Å². The van der Waals surface area contributed by atoms with Crippen LogP contribution in [0.25, 0.3) is 0 Å². The molecule has 1 fully saturated rings. The highest BCUT2D eigenvalue weighted by Crippen LogP contribution is 2.25. The summed E-state index contributed by atoms with van der Waals surface area (Å²) in [4.78, 5) is 16.3. The molecule has 0 spiro atoms. The van der Waals surface area contributed by atoms with Gasteiger partial charge in [0.2, 0.25) is 5.89 Å². The first-order chi connectivity index (χ1) is 11.3. The summed E-state index contributed by atoms with van der Waals surface area (Å²) in [6, 6.07) is 5.63. The minimum absolute atomic E-state index is 0.0644. The fraction of sp³-hybridized carbons (Fsp3) is 0.444. The Morgan fingerprint density at radius 1 is 1.38 bits per heavy atom. The summed E-state index contributed by atoms with van der Waals surface area (Å²) in [5.41, 5.74) is 1.25. The number of oxazole rings is 1. The number of nitrogens with zero attached hydrogens (tertiary/aromatic N) is 1. The maximum absolute atomic E-state index is 12.1. The summed E-state index contributed by atoms with van der Waals surface area (Å²) in [5.74, 6) is 1.35. The number of carbonyl (C=O) groups excluding carboxylic acids is 1. The Labute approximate surface area is 146 Å². The number of benzene rings is 1. The highest BCUT2D eigenvalue weighted by Gasteiger charge is 2.24. The molecule has 0 saturated heterocycles. The van der Waals surface area contributed by atoms with E-state index in [2.05, 4.69) is 36.4 Å². The van der Waals surface area contributed by atoms with E-state index >= 15 is 0 Å². The number of aromatic nitrogens is 1. The van der Waals surface area contributed by atoms with Crippen LogP contribution in [0, 0.1) is 0 Å². The van der Waals surface area contributed by atoms with Gasteiger partial charge in [0.15, 0.2) is 0 Å². The molecule has 2 aromatic rings. The number of amides is 1. The number of halogens is 1. The van der Waals surface area contributed by atoms with Gasteiger partial charge in [-0.25, -0.2) is 4.98 Å². The predicted octanol–water partition coefficient (Wildman–Crippen LogP) is 4.13. The molecule has 2 N–H and O–H groups in total. The number of carbonyl (C=O) groups is 1. The van der Waals surface area contributed by atoms with E-state index in [1.807, 2.05) is 6.07 Å². The molecule has 24 heavy (non-hydrogen) atoms. The lowest BCUT2D eigenvalue weighted by Crippen LogP contribution is -2.25. The number of anilines is 1. The maximum Gasteiger partial charge on any atom is 0.253 e. The maximum atomic E-state index is 12.1. The van der Waals surface area contributed by atoms with Gasteiger partial charge in [-0.3, -0.25) is 4.79 Å². The van der Waals surface area contributed by atoms with Gasteiger partial charge in [0.1, 0.15) is 5.76 Å². The Kier molecular flexibility index (Phi) is 4.54. The standard InChI is InChI=1S/C18H22ClN3O2/c1-18(2,3)15-9-21-16(24-15)10-20-12-6-7-13(14(19)8-12)17(23)22-11-4-5-11/h6-9,11,20H,4-5,10H2,1-3H3,(H,22,23). The van der Waals surface area contributed by atoms with Gasteiger partial charge in [-0.15, -0.1) is 0 Å². The summed E-state index contributed by atoms with van der Waals surface area (Å²) in [6.45, 7) is 6.70. The summed E-state index contributed by atoms with van der Waals surface area (Å²) in [7, 11) is 0. The highest BCUT2D eigenvalue weighted by molar-refractivity contribution is 6.34. The van der Waals surface area contributed by atoms with Crippen LogP contribution in [0.3, 0.4) is 0 Å². The molecule has 0 unspecified atom stereocenters. The van der Waals surface area contributed by atoms with Gasteiger partial charge < -0.3 is 15.1 Å². The van der Waals surface area contributed by atoms with Gasteiger partial charge in [-0.05, 0) is 31.0 Å². The molecule has 0 bridgehead atoms. The number of rotatable bonds is 5. The van der Waals surface area contributed by atoms with Crippen molar-refractivity contribution in [2.45, 2.75) is 51.6 Å². The molecule has 1 aromatic carbocycles. The predicted molar refractivity (Wildman–Crippen MR) is 94.5 cm³/mol. The van der Waals surface area contributed by atoms with Gasteiger partial charge in [0.25, 0.3) is 5.91 Å². The minimum Gasteiger partial charge on any atom is -0.443 e. The fourth-order valence-corrected chi connectivity index (χ4v) is 2.48. The van der Waals surface area contributed by atoms with E-state index in [1.165, 1.54) is 0 Å². The molecule has 0 atom stereocenters. The lowest BCUT2D eigenvalue weighted by Gasteiger charge is -2.13. The van der Waals surface area contributed by atoms with Crippen LogP contribution >= 0.6 is 11.6 Å². The van der Waals surface area contributed by atoms with E-state index < -0.39 is 0 Å². The Morgan fingerprint density at radius 3 is 2.71 bits per heavy atom. The molecule has 1 aromatic heterocycles. The van der Waals surface area contributed by atoms with Gasteiger partial charge in [0.05, 0.1) is 23.3 Å². The van der Waals surface area contributed by atoms with Crippen LogP contribution in [-0.4, -0.2) is 16.9 Å². The first-order valence-electron chi connectivity index (χ1n) is 8.12. The van der Waals surface area contributed by atoms with Crippen LogP contribution in [0.15, 0.2) is 28.8 Å². The molecule has 1 heterocycles. The molecule has 5 nitrogen and oxygen atoms in total. The van der Waals surface area contributed by atoms with E-state index in [0.29, 0.717) is 29.1 Å². The molecule has 3 rings (SSSR count). The second-order valence-electron chi connectivity index (χ2n) is 7.16. The Morgan fingerprint density at radius 2 is 2.12 bits per heavy atom. The van der Waals surface area contributed by atoms with E-state index in [-0.39, 0.29) is 11.3 Å². The van der Waals surface area contributed by atoms with E-state index in [1.54, 1.807) is 18.3 Å². The second-order valence-corrected chi connectivity index (χ2v) is 7.57. The third-order valence-corrected chi connectivity index (χ3v) is 4.18. The fourth-order valence-electron chi connectivity index (χ4n) is 2.22.